The first-order chi connectivity index (χ1) is 14.3. The summed E-state index contributed by atoms with van der Waals surface area (Å²) in [6.45, 7) is 0. The molecule has 3 aromatic carbocycles. The normalized spacial score (nSPS) is 11.6. The molecule has 0 aliphatic carbocycles. The zero-order valence-corrected chi connectivity index (χ0v) is 18.3. The Morgan fingerprint density at radius 3 is 2.30 bits per heavy atom. The highest BCUT2D eigenvalue weighted by Crippen LogP contribution is 2.41. The summed E-state index contributed by atoms with van der Waals surface area (Å²) in [7, 11) is -3.27. The van der Waals surface area contributed by atoms with Crippen LogP contribution < -0.4 is 0 Å². The van der Waals surface area contributed by atoms with E-state index in [1.807, 2.05) is 30.3 Å². The van der Waals surface area contributed by atoms with E-state index in [9.17, 15) is 8.42 Å². The number of hydrogen-bond donors (Lipinski definition) is 0. The molecule has 4 rings (SSSR count). The molecule has 0 aliphatic rings. The van der Waals surface area contributed by atoms with Crippen molar-refractivity contribution in [2.45, 2.75) is 11.3 Å². The van der Waals surface area contributed by atoms with E-state index in [1.165, 1.54) is 6.26 Å². The van der Waals surface area contributed by atoms with Crippen LogP contribution in [0.1, 0.15) is 11.5 Å². The molecule has 0 spiro atoms. The Kier molecular flexibility index (Phi) is 5.69. The van der Waals surface area contributed by atoms with Crippen molar-refractivity contribution < 1.29 is 12.8 Å². The average molecular weight is 458 g/mol. The van der Waals surface area contributed by atoms with Crippen molar-refractivity contribution in [2.75, 3.05) is 6.26 Å². The second-order valence-electron chi connectivity index (χ2n) is 6.87. The first-order valence-electron chi connectivity index (χ1n) is 9.10. The van der Waals surface area contributed by atoms with Gasteiger partial charge in [0.25, 0.3) is 0 Å². The van der Waals surface area contributed by atoms with E-state index in [1.54, 1.807) is 42.7 Å². The van der Waals surface area contributed by atoms with Crippen LogP contribution >= 0.6 is 23.2 Å². The summed E-state index contributed by atoms with van der Waals surface area (Å²) in [6.07, 6.45) is 3.28. The third-order valence-corrected chi connectivity index (χ3v) is 6.53. The van der Waals surface area contributed by atoms with E-state index >= 15 is 0 Å². The number of sulfone groups is 1. The summed E-state index contributed by atoms with van der Waals surface area (Å²) in [5, 5.41) is 0.880. The van der Waals surface area contributed by atoms with Crippen molar-refractivity contribution in [3.63, 3.8) is 0 Å². The second kappa shape index (κ2) is 8.26. The maximum absolute atomic E-state index is 11.7. The van der Waals surface area contributed by atoms with Crippen molar-refractivity contribution in [3.8, 4) is 22.4 Å². The third-order valence-electron chi connectivity index (χ3n) is 4.69. The van der Waals surface area contributed by atoms with Crippen LogP contribution in [0.25, 0.3) is 22.4 Å². The highest BCUT2D eigenvalue weighted by atomic mass is 35.5. The number of halogens is 2. The Morgan fingerprint density at radius 1 is 0.933 bits per heavy atom. The van der Waals surface area contributed by atoms with E-state index in [4.69, 9.17) is 27.6 Å². The molecule has 0 unspecified atom stereocenters. The minimum Gasteiger partial charge on any atom is -0.448 e. The smallest absolute Gasteiger partial charge is 0.198 e. The van der Waals surface area contributed by atoms with Crippen LogP contribution in [0.5, 0.6) is 0 Å². The molecule has 30 heavy (non-hydrogen) atoms. The van der Waals surface area contributed by atoms with Gasteiger partial charge in [0.15, 0.2) is 15.7 Å². The highest BCUT2D eigenvalue weighted by Gasteiger charge is 2.18. The molecular formula is C23H17Cl2NO3S. The van der Waals surface area contributed by atoms with Crippen LogP contribution in [0.15, 0.2) is 82.3 Å². The Labute approximate surface area is 185 Å². The molecule has 0 amide bonds. The van der Waals surface area contributed by atoms with E-state index in [-0.39, 0.29) is 4.90 Å². The van der Waals surface area contributed by atoms with Crippen molar-refractivity contribution >= 4 is 33.0 Å². The quantitative estimate of drug-likeness (QED) is 0.352. The number of hydrogen-bond acceptors (Lipinski definition) is 4. The lowest BCUT2D eigenvalue weighted by Gasteiger charge is -2.11. The fourth-order valence-corrected chi connectivity index (χ4v) is 4.47. The molecule has 7 heteroatoms. The van der Waals surface area contributed by atoms with E-state index in [2.05, 4.69) is 4.98 Å². The monoisotopic (exact) mass is 457 g/mol. The number of benzene rings is 3. The Bertz CT molecular complexity index is 1300. The van der Waals surface area contributed by atoms with Gasteiger partial charge in [-0.15, -0.1) is 0 Å². The standard InChI is InChI=1S/C23H17Cl2NO3S/c1-30(27,28)17-9-7-16(8-10-17)18-11-12-19(24)22(23(18)25)20-14-29-21(26-20)13-15-5-3-2-4-6-15/h2-12,14H,13H2,1H3. The summed E-state index contributed by atoms with van der Waals surface area (Å²) in [5.41, 5.74) is 3.71. The van der Waals surface area contributed by atoms with Crippen LogP contribution in [0.2, 0.25) is 10.0 Å². The number of nitrogens with zero attached hydrogens (tertiary/aromatic N) is 1. The van der Waals surface area contributed by atoms with Gasteiger partial charge in [-0.1, -0.05) is 71.7 Å². The lowest BCUT2D eigenvalue weighted by Crippen LogP contribution is -1.96. The van der Waals surface area contributed by atoms with Crippen molar-refractivity contribution in [1.82, 2.24) is 4.98 Å². The Morgan fingerprint density at radius 2 is 1.63 bits per heavy atom. The molecular weight excluding hydrogens is 441 g/mol. The van der Waals surface area contributed by atoms with Gasteiger partial charge in [-0.25, -0.2) is 13.4 Å². The van der Waals surface area contributed by atoms with Crippen LogP contribution in [0.3, 0.4) is 0 Å². The fraction of sp³-hybridized carbons (Fsp3) is 0.0870. The first-order valence-corrected chi connectivity index (χ1v) is 11.7. The Hall–Kier alpha value is -2.60. The molecule has 0 saturated carbocycles. The van der Waals surface area contributed by atoms with Gasteiger partial charge in [0.2, 0.25) is 0 Å². The van der Waals surface area contributed by atoms with Gasteiger partial charge in [-0.05, 0) is 29.3 Å². The van der Waals surface area contributed by atoms with Gasteiger partial charge >= 0.3 is 0 Å². The predicted octanol–water partition coefficient (Wildman–Crippen LogP) is 6.31. The number of oxazole rings is 1. The molecule has 0 fully saturated rings. The van der Waals surface area contributed by atoms with Crippen molar-refractivity contribution in [3.05, 3.63) is 94.5 Å². The second-order valence-corrected chi connectivity index (χ2v) is 9.67. The molecule has 1 aromatic heterocycles. The topological polar surface area (TPSA) is 60.2 Å². The molecule has 0 radical (unpaired) electrons. The third kappa shape index (κ3) is 4.29. The van der Waals surface area contributed by atoms with Gasteiger partial charge in [-0.3, -0.25) is 0 Å². The average Bonchev–Trinajstić information content (AvgIpc) is 3.16. The molecule has 1 heterocycles. The minimum atomic E-state index is -3.27. The maximum atomic E-state index is 11.7. The van der Waals surface area contributed by atoms with Gasteiger partial charge in [-0.2, -0.15) is 0 Å². The van der Waals surface area contributed by atoms with Gasteiger partial charge in [0.05, 0.1) is 14.9 Å². The molecule has 4 aromatic rings. The maximum Gasteiger partial charge on any atom is 0.198 e. The largest absolute Gasteiger partial charge is 0.448 e. The van der Waals surface area contributed by atoms with E-state index in [0.29, 0.717) is 33.6 Å². The van der Waals surface area contributed by atoms with Crippen molar-refractivity contribution in [2.24, 2.45) is 0 Å². The van der Waals surface area contributed by atoms with E-state index in [0.717, 1.165) is 16.7 Å². The summed E-state index contributed by atoms with van der Waals surface area (Å²) in [4.78, 5) is 4.81. The first kappa shape index (κ1) is 20.7. The van der Waals surface area contributed by atoms with Crippen LogP contribution in [0, 0.1) is 0 Å². The zero-order valence-electron chi connectivity index (χ0n) is 16.0. The van der Waals surface area contributed by atoms with Crippen LogP contribution in [-0.4, -0.2) is 19.7 Å². The lowest BCUT2D eigenvalue weighted by molar-refractivity contribution is 0.507. The number of rotatable bonds is 5. The molecule has 0 atom stereocenters. The molecule has 0 N–H and O–H groups in total. The summed E-state index contributed by atoms with van der Waals surface area (Å²) >= 11 is 13.1. The van der Waals surface area contributed by atoms with Gasteiger partial charge in [0, 0.05) is 23.8 Å². The predicted molar refractivity (Wildman–Crippen MR) is 120 cm³/mol. The van der Waals surface area contributed by atoms with Crippen molar-refractivity contribution in [1.29, 1.82) is 0 Å². The summed E-state index contributed by atoms with van der Waals surface area (Å²) in [6, 6.07) is 20.0. The van der Waals surface area contributed by atoms with E-state index < -0.39 is 9.84 Å². The SMILES string of the molecule is CS(=O)(=O)c1ccc(-c2ccc(Cl)c(-c3coc(Cc4ccccc4)n3)c2Cl)cc1. The van der Waals surface area contributed by atoms with Gasteiger partial charge < -0.3 is 4.42 Å². The summed E-state index contributed by atoms with van der Waals surface area (Å²) < 4.78 is 29.0. The molecule has 0 saturated heterocycles. The van der Waals surface area contributed by atoms with Crippen LogP contribution in [-0.2, 0) is 16.3 Å². The van der Waals surface area contributed by atoms with Crippen LogP contribution in [0.4, 0.5) is 0 Å². The Balaban J connectivity index is 1.70. The number of aromatic nitrogens is 1. The lowest BCUT2D eigenvalue weighted by atomic mass is 10.0. The highest BCUT2D eigenvalue weighted by molar-refractivity contribution is 7.90. The fourth-order valence-electron chi connectivity index (χ4n) is 3.17. The zero-order chi connectivity index (χ0) is 21.3. The molecule has 4 nitrogen and oxygen atoms in total. The molecule has 0 bridgehead atoms. The summed E-state index contributed by atoms with van der Waals surface area (Å²) in [5.74, 6) is 0.561. The molecule has 152 valence electrons. The molecule has 0 aliphatic heterocycles. The minimum absolute atomic E-state index is 0.249. The van der Waals surface area contributed by atoms with Gasteiger partial charge in [0.1, 0.15) is 12.0 Å².